The summed E-state index contributed by atoms with van der Waals surface area (Å²) in [4.78, 5) is 15.2. The summed E-state index contributed by atoms with van der Waals surface area (Å²) in [6, 6.07) is 12.1. The third-order valence-electron chi connectivity index (χ3n) is 3.82. The van der Waals surface area contributed by atoms with Gasteiger partial charge in [0.2, 0.25) is 10.0 Å². The summed E-state index contributed by atoms with van der Waals surface area (Å²) in [7, 11) is -3.73. The lowest BCUT2D eigenvalue weighted by Crippen LogP contribution is -2.32. The van der Waals surface area contributed by atoms with Gasteiger partial charge in [0.05, 0.1) is 0 Å². The summed E-state index contributed by atoms with van der Waals surface area (Å²) in [5, 5.41) is 12.2. The predicted octanol–water partition coefficient (Wildman–Crippen LogP) is 2.66. The number of carbonyl (C=O) groups is 1. The molecule has 1 unspecified atom stereocenters. The zero-order chi connectivity index (χ0) is 19.9. The molecule has 3 N–H and O–H groups in total. The third-order valence-corrected chi connectivity index (χ3v) is 5.51. The SMILES string of the molecule is CC(C)NS(=O)(=O)c1cccnc1NC(CCC(=O)O)Cc1ccccc1. The number of pyridine rings is 1. The topological polar surface area (TPSA) is 108 Å². The van der Waals surface area contributed by atoms with E-state index in [0.717, 1.165) is 5.56 Å². The van der Waals surface area contributed by atoms with E-state index in [9.17, 15) is 13.2 Å². The molecule has 0 aliphatic rings. The first-order valence-corrected chi connectivity index (χ1v) is 10.3. The van der Waals surface area contributed by atoms with Crippen LogP contribution in [0.4, 0.5) is 5.82 Å². The molecule has 1 aromatic carbocycles. The minimum Gasteiger partial charge on any atom is -0.481 e. The molecule has 0 aliphatic heterocycles. The van der Waals surface area contributed by atoms with Crippen molar-refractivity contribution in [1.82, 2.24) is 9.71 Å². The van der Waals surface area contributed by atoms with Crippen molar-refractivity contribution in [3.05, 3.63) is 54.2 Å². The molecule has 0 spiro atoms. The smallest absolute Gasteiger partial charge is 0.303 e. The highest BCUT2D eigenvalue weighted by molar-refractivity contribution is 7.89. The van der Waals surface area contributed by atoms with Gasteiger partial charge < -0.3 is 10.4 Å². The number of nitrogens with one attached hydrogen (secondary N) is 2. The number of benzene rings is 1. The summed E-state index contributed by atoms with van der Waals surface area (Å²) >= 11 is 0. The van der Waals surface area contributed by atoms with Gasteiger partial charge in [-0.2, -0.15) is 0 Å². The number of hydrogen-bond donors (Lipinski definition) is 3. The summed E-state index contributed by atoms with van der Waals surface area (Å²) < 4.78 is 27.7. The van der Waals surface area contributed by atoms with Gasteiger partial charge in [0.1, 0.15) is 10.7 Å². The molecular formula is C19H25N3O4S. The quantitative estimate of drug-likeness (QED) is 0.575. The number of carboxylic acid groups (broad SMARTS) is 1. The van der Waals surface area contributed by atoms with E-state index < -0.39 is 16.0 Å². The average molecular weight is 391 g/mol. The van der Waals surface area contributed by atoms with Gasteiger partial charge >= 0.3 is 5.97 Å². The van der Waals surface area contributed by atoms with Crippen molar-refractivity contribution in [3.8, 4) is 0 Å². The Bertz CT molecular complexity index is 854. The van der Waals surface area contributed by atoms with Crippen molar-refractivity contribution in [2.75, 3.05) is 5.32 Å². The monoisotopic (exact) mass is 391 g/mol. The number of anilines is 1. The molecule has 0 fully saturated rings. The zero-order valence-electron chi connectivity index (χ0n) is 15.4. The number of rotatable bonds is 10. The molecule has 8 heteroatoms. The van der Waals surface area contributed by atoms with Gasteiger partial charge in [-0.15, -0.1) is 0 Å². The van der Waals surface area contributed by atoms with Crippen molar-refractivity contribution in [1.29, 1.82) is 0 Å². The third kappa shape index (κ3) is 6.65. The van der Waals surface area contributed by atoms with E-state index in [1.54, 1.807) is 19.9 Å². The molecule has 146 valence electrons. The van der Waals surface area contributed by atoms with E-state index in [1.807, 2.05) is 30.3 Å². The number of aliphatic carboxylic acids is 1. The Kier molecular flexibility index (Phi) is 7.32. The van der Waals surface area contributed by atoms with Crippen LogP contribution in [0.15, 0.2) is 53.6 Å². The highest BCUT2D eigenvalue weighted by Gasteiger charge is 2.22. The van der Waals surface area contributed by atoms with Crippen molar-refractivity contribution < 1.29 is 18.3 Å². The van der Waals surface area contributed by atoms with E-state index in [0.29, 0.717) is 12.8 Å². The molecule has 2 aromatic rings. The van der Waals surface area contributed by atoms with Gasteiger partial charge in [-0.25, -0.2) is 18.1 Å². The van der Waals surface area contributed by atoms with Gasteiger partial charge in [-0.05, 0) is 44.4 Å². The maximum atomic E-state index is 12.6. The first-order valence-electron chi connectivity index (χ1n) is 8.77. The van der Waals surface area contributed by atoms with Crippen LogP contribution in [0.3, 0.4) is 0 Å². The summed E-state index contributed by atoms with van der Waals surface area (Å²) in [5.41, 5.74) is 1.03. The Morgan fingerprint density at radius 2 is 1.85 bits per heavy atom. The van der Waals surface area contributed by atoms with Crippen molar-refractivity contribution in [2.45, 2.75) is 50.1 Å². The molecule has 0 saturated heterocycles. The van der Waals surface area contributed by atoms with Crippen molar-refractivity contribution in [2.24, 2.45) is 0 Å². The van der Waals surface area contributed by atoms with Gasteiger partial charge in [0.15, 0.2) is 0 Å². The van der Waals surface area contributed by atoms with Crippen LogP contribution in [-0.4, -0.2) is 36.6 Å². The largest absolute Gasteiger partial charge is 0.481 e. The highest BCUT2D eigenvalue weighted by Crippen LogP contribution is 2.21. The van der Waals surface area contributed by atoms with Crippen molar-refractivity contribution in [3.63, 3.8) is 0 Å². The number of aromatic nitrogens is 1. The van der Waals surface area contributed by atoms with Crippen LogP contribution in [0.2, 0.25) is 0 Å². The van der Waals surface area contributed by atoms with Crippen LogP contribution in [0.25, 0.3) is 0 Å². The lowest BCUT2D eigenvalue weighted by atomic mass is 10.0. The van der Waals surface area contributed by atoms with Crippen LogP contribution >= 0.6 is 0 Å². The number of nitrogens with zero attached hydrogens (tertiary/aromatic N) is 1. The Morgan fingerprint density at radius 1 is 1.15 bits per heavy atom. The maximum Gasteiger partial charge on any atom is 0.303 e. The van der Waals surface area contributed by atoms with Crippen molar-refractivity contribution >= 4 is 21.8 Å². The van der Waals surface area contributed by atoms with Gasteiger partial charge in [0, 0.05) is 24.7 Å². The van der Waals surface area contributed by atoms with Crippen LogP contribution in [0.5, 0.6) is 0 Å². The average Bonchev–Trinajstić information content (AvgIpc) is 2.60. The van der Waals surface area contributed by atoms with Crippen LogP contribution in [-0.2, 0) is 21.2 Å². The maximum absolute atomic E-state index is 12.6. The molecular weight excluding hydrogens is 366 g/mol. The standard InChI is InChI=1S/C19H25N3O4S/c1-14(2)22-27(25,26)17-9-6-12-20-19(17)21-16(10-11-18(23)24)13-15-7-4-3-5-8-15/h3-9,12,14,16,22H,10-11,13H2,1-2H3,(H,20,21)(H,23,24). The Hall–Kier alpha value is -2.45. The highest BCUT2D eigenvalue weighted by atomic mass is 32.2. The summed E-state index contributed by atoms with van der Waals surface area (Å²) in [6.45, 7) is 3.48. The first kappa shape index (κ1) is 20.9. The molecule has 1 aromatic heterocycles. The van der Waals surface area contributed by atoms with Gasteiger partial charge in [-0.3, -0.25) is 4.79 Å². The summed E-state index contributed by atoms with van der Waals surface area (Å²) in [6.07, 6.45) is 2.39. The minimum absolute atomic E-state index is 0.0241. The van der Waals surface area contributed by atoms with E-state index >= 15 is 0 Å². The Balaban J connectivity index is 2.27. The minimum atomic E-state index is -3.73. The number of sulfonamides is 1. The fraction of sp³-hybridized carbons (Fsp3) is 0.368. The zero-order valence-corrected chi connectivity index (χ0v) is 16.2. The molecule has 2 rings (SSSR count). The van der Waals surface area contributed by atoms with Crippen LogP contribution < -0.4 is 10.0 Å². The second-order valence-corrected chi connectivity index (χ2v) is 8.27. The van der Waals surface area contributed by atoms with E-state index in [2.05, 4.69) is 15.0 Å². The molecule has 0 aliphatic carbocycles. The second-order valence-electron chi connectivity index (χ2n) is 6.59. The van der Waals surface area contributed by atoms with Gasteiger partial charge in [-0.1, -0.05) is 30.3 Å². The lowest BCUT2D eigenvalue weighted by Gasteiger charge is -2.21. The number of hydrogen-bond acceptors (Lipinski definition) is 5. The molecule has 0 amide bonds. The van der Waals surface area contributed by atoms with E-state index in [-0.39, 0.29) is 29.2 Å². The number of carboxylic acids is 1. The summed E-state index contributed by atoms with van der Waals surface area (Å²) in [5.74, 6) is -0.679. The molecule has 0 bridgehead atoms. The molecule has 1 atom stereocenters. The molecule has 1 heterocycles. The fourth-order valence-electron chi connectivity index (χ4n) is 2.70. The molecule has 27 heavy (non-hydrogen) atoms. The predicted molar refractivity (Wildman–Crippen MR) is 104 cm³/mol. The second kappa shape index (κ2) is 9.48. The Labute approximate surface area is 159 Å². The Morgan fingerprint density at radius 3 is 2.48 bits per heavy atom. The molecule has 0 saturated carbocycles. The fourth-order valence-corrected chi connectivity index (χ4v) is 4.08. The molecule has 7 nitrogen and oxygen atoms in total. The van der Waals surface area contributed by atoms with E-state index in [4.69, 9.17) is 5.11 Å². The van der Waals surface area contributed by atoms with Gasteiger partial charge in [0.25, 0.3) is 0 Å². The first-order chi connectivity index (χ1) is 12.8. The van der Waals surface area contributed by atoms with Crippen LogP contribution in [0.1, 0.15) is 32.3 Å². The normalized spacial score (nSPS) is 12.7. The van der Waals surface area contributed by atoms with Crippen LogP contribution in [0, 0.1) is 0 Å². The lowest BCUT2D eigenvalue weighted by molar-refractivity contribution is -0.137. The molecule has 0 radical (unpaired) electrons. The van der Waals surface area contributed by atoms with E-state index in [1.165, 1.54) is 12.3 Å².